The summed E-state index contributed by atoms with van der Waals surface area (Å²) in [5, 5.41) is 6.81. The summed E-state index contributed by atoms with van der Waals surface area (Å²) in [5.74, 6) is 0.756. The van der Waals surface area contributed by atoms with Crippen molar-refractivity contribution in [3.8, 4) is 0 Å². The van der Waals surface area contributed by atoms with Crippen LogP contribution in [0.5, 0.6) is 0 Å². The van der Waals surface area contributed by atoms with Gasteiger partial charge in [-0.3, -0.25) is 0 Å². The second-order valence-electron chi connectivity index (χ2n) is 3.68. The number of hydrogen-bond donors (Lipinski definition) is 2. The van der Waals surface area contributed by atoms with E-state index in [1.807, 2.05) is 0 Å². The van der Waals surface area contributed by atoms with Gasteiger partial charge in [0.1, 0.15) is 0 Å². The summed E-state index contributed by atoms with van der Waals surface area (Å²) in [6, 6.07) is 0. The van der Waals surface area contributed by atoms with Gasteiger partial charge in [0.2, 0.25) is 0 Å². The quantitative estimate of drug-likeness (QED) is 0.572. The van der Waals surface area contributed by atoms with Crippen LogP contribution in [-0.2, 0) is 4.74 Å². The van der Waals surface area contributed by atoms with Gasteiger partial charge in [0.15, 0.2) is 0 Å². The normalized spacial score (nSPS) is 22.4. The second kappa shape index (κ2) is 7.30. The van der Waals surface area contributed by atoms with Crippen LogP contribution in [0.3, 0.4) is 0 Å². The fraction of sp³-hybridized carbons (Fsp3) is 1.00. The maximum absolute atomic E-state index is 5.30. The van der Waals surface area contributed by atoms with Gasteiger partial charge in [0.05, 0.1) is 6.61 Å². The minimum absolute atomic E-state index is 0.756. The summed E-state index contributed by atoms with van der Waals surface area (Å²) >= 11 is 0. The molecule has 0 bridgehead atoms. The van der Waals surface area contributed by atoms with Crippen molar-refractivity contribution in [2.24, 2.45) is 5.92 Å². The Morgan fingerprint density at radius 2 is 2.08 bits per heavy atom. The zero-order chi connectivity index (χ0) is 9.36. The molecule has 0 aromatic heterocycles. The molecule has 1 atom stereocenters. The largest absolute Gasteiger partial charge is 0.381 e. The minimum atomic E-state index is 0.756. The summed E-state index contributed by atoms with van der Waals surface area (Å²) < 4.78 is 5.30. The Morgan fingerprint density at radius 1 is 1.23 bits per heavy atom. The van der Waals surface area contributed by atoms with Gasteiger partial charge in [-0.15, -0.1) is 0 Å². The maximum atomic E-state index is 5.30. The molecule has 1 fully saturated rings. The standard InChI is InChI=1S/C10H22N2O/c1-2-4-11-5-6-12-8-10-3-7-13-9-10/h10-12H,2-9H2,1H3. The molecular formula is C10H22N2O. The minimum Gasteiger partial charge on any atom is -0.381 e. The molecule has 1 unspecified atom stereocenters. The zero-order valence-electron chi connectivity index (χ0n) is 8.64. The molecule has 13 heavy (non-hydrogen) atoms. The first kappa shape index (κ1) is 11.0. The molecular weight excluding hydrogens is 164 g/mol. The average molecular weight is 186 g/mol. The Hall–Kier alpha value is -0.120. The van der Waals surface area contributed by atoms with Crippen LogP contribution in [0.1, 0.15) is 19.8 Å². The molecule has 0 saturated carbocycles. The molecule has 0 aliphatic carbocycles. The van der Waals surface area contributed by atoms with Gasteiger partial charge in [-0.2, -0.15) is 0 Å². The summed E-state index contributed by atoms with van der Waals surface area (Å²) in [6.07, 6.45) is 2.45. The van der Waals surface area contributed by atoms with Crippen LogP contribution >= 0.6 is 0 Å². The molecule has 0 radical (unpaired) electrons. The maximum Gasteiger partial charge on any atom is 0.0507 e. The van der Waals surface area contributed by atoms with E-state index in [9.17, 15) is 0 Å². The molecule has 3 heteroatoms. The van der Waals surface area contributed by atoms with Crippen LogP contribution in [0, 0.1) is 5.92 Å². The van der Waals surface area contributed by atoms with Gasteiger partial charge < -0.3 is 15.4 Å². The Kier molecular flexibility index (Phi) is 6.15. The lowest BCUT2D eigenvalue weighted by Gasteiger charge is -2.09. The van der Waals surface area contributed by atoms with Crippen molar-refractivity contribution in [1.29, 1.82) is 0 Å². The first-order valence-corrected chi connectivity index (χ1v) is 5.42. The van der Waals surface area contributed by atoms with Crippen molar-refractivity contribution in [2.75, 3.05) is 39.4 Å². The van der Waals surface area contributed by atoms with Crippen LogP contribution in [0.2, 0.25) is 0 Å². The Bertz CT molecular complexity index is 113. The van der Waals surface area contributed by atoms with Crippen molar-refractivity contribution < 1.29 is 4.74 Å². The number of hydrogen-bond acceptors (Lipinski definition) is 3. The van der Waals surface area contributed by atoms with E-state index in [0.717, 1.165) is 45.3 Å². The Morgan fingerprint density at radius 3 is 2.77 bits per heavy atom. The highest BCUT2D eigenvalue weighted by atomic mass is 16.5. The third-order valence-corrected chi connectivity index (χ3v) is 2.36. The average Bonchev–Trinajstić information content (AvgIpc) is 2.63. The Balaban J connectivity index is 1.78. The molecule has 2 N–H and O–H groups in total. The molecule has 1 rings (SSSR count). The van der Waals surface area contributed by atoms with Crippen LogP contribution < -0.4 is 10.6 Å². The highest BCUT2D eigenvalue weighted by molar-refractivity contribution is 4.66. The van der Waals surface area contributed by atoms with E-state index in [1.54, 1.807) is 0 Å². The lowest BCUT2D eigenvalue weighted by atomic mass is 10.1. The fourth-order valence-corrected chi connectivity index (χ4v) is 1.53. The first-order valence-electron chi connectivity index (χ1n) is 5.42. The monoisotopic (exact) mass is 186 g/mol. The van der Waals surface area contributed by atoms with Crippen molar-refractivity contribution in [1.82, 2.24) is 10.6 Å². The van der Waals surface area contributed by atoms with Crippen LogP contribution in [-0.4, -0.2) is 39.4 Å². The molecule has 0 aromatic rings. The molecule has 0 amide bonds. The van der Waals surface area contributed by atoms with Crippen molar-refractivity contribution >= 4 is 0 Å². The lowest BCUT2D eigenvalue weighted by Crippen LogP contribution is -2.31. The smallest absolute Gasteiger partial charge is 0.0507 e. The van der Waals surface area contributed by atoms with E-state index < -0.39 is 0 Å². The first-order chi connectivity index (χ1) is 6.43. The molecule has 1 heterocycles. The van der Waals surface area contributed by atoms with E-state index in [1.165, 1.54) is 12.8 Å². The SMILES string of the molecule is CCCNCCNCC1CCOC1. The van der Waals surface area contributed by atoms with E-state index >= 15 is 0 Å². The van der Waals surface area contributed by atoms with Crippen molar-refractivity contribution in [3.63, 3.8) is 0 Å². The van der Waals surface area contributed by atoms with Gasteiger partial charge in [0, 0.05) is 26.2 Å². The summed E-state index contributed by atoms with van der Waals surface area (Å²) in [6.45, 7) is 8.52. The van der Waals surface area contributed by atoms with Gasteiger partial charge in [-0.25, -0.2) is 0 Å². The van der Waals surface area contributed by atoms with E-state index in [-0.39, 0.29) is 0 Å². The lowest BCUT2D eigenvalue weighted by molar-refractivity contribution is 0.185. The highest BCUT2D eigenvalue weighted by Gasteiger charge is 2.14. The predicted molar refractivity (Wildman–Crippen MR) is 55.0 cm³/mol. The second-order valence-corrected chi connectivity index (χ2v) is 3.68. The number of ether oxygens (including phenoxy) is 1. The van der Waals surface area contributed by atoms with Crippen LogP contribution in [0.15, 0.2) is 0 Å². The van der Waals surface area contributed by atoms with Gasteiger partial charge in [-0.05, 0) is 25.3 Å². The molecule has 3 nitrogen and oxygen atoms in total. The summed E-state index contributed by atoms with van der Waals surface area (Å²) in [5.41, 5.74) is 0. The molecule has 78 valence electrons. The fourth-order valence-electron chi connectivity index (χ4n) is 1.53. The van der Waals surface area contributed by atoms with Crippen LogP contribution in [0.4, 0.5) is 0 Å². The number of rotatable bonds is 7. The van der Waals surface area contributed by atoms with Crippen LogP contribution in [0.25, 0.3) is 0 Å². The van der Waals surface area contributed by atoms with E-state index in [0.29, 0.717) is 0 Å². The molecule has 1 aliphatic rings. The van der Waals surface area contributed by atoms with Gasteiger partial charge in [0.25, 0.3) is 0 Å². The summed E-state index contributed by atoms with van der Waals surface area (Å²) in [4.78, 5) is 0. The highest BCUT2D eigenvalue weighted by Crippen LogP contribution is 2.09. The van der Waals surface area contributed by atoms with E-state index in [4.69, 9.17) is 4.74 Å². The van der Waals surface area contributed by atoms with Crippen molar-refractivity contribution in [3.05, 3.63) is 0 Å². The molecule has 1 aliphatic heterocycles. The molecule has 1 saturated heterocycles. The van der Waals surface area contributed by atoms with Crippen molar-refractivity contribution in [2.45, 2.75) is 19.8 Å². The predicted octanol–water partition coefficient (Wildman–Crippen LogP) is 0.612. The van der Waals surface area contributed by atoms with Gasteiger partial charge in [-0.1, -0.05) is 6.92 Å². The molecule has 0 aromatic carbocycles. The topological polar surface area (TPSA) is 33.3 Å². The third kappa shape index (κ3) is 5.24. The Labute approximate surface area is 81.2 Å². The van der Waals surface area contributed by atoms with E-state index in [2.05, 4.69) is 17.6 Å². The summed E-state index contributed by atoms with van der Waals surface area (Å²) in [7, 11) is 0. The molecule has 0 spiro atoms. The van der Waals surface area contributed by atoms with Gasteiger partial charge >= 0.3 is 0 Å². The number of nitrogens with one attached hydrogen (secondary N) is 2. The zero-order valence-corrected chi connectivity index (χ0v) is 8.64. The third-order valence-electron chi connectivity index (χ3n) is 2.36.